The molecular formula is C11H10N2O. The smallest absolute Gasteiger partial charge is 0.252 e. The number of nitrogens with one attached hydrogen (secondary N) is 1. The number of amides is 1. The fourth-order valence-corrected chi connectivity index (χ4v) is 2.13. The van der Waals surface area contributed by atoms with Crippen LogP contribution in [-0.2, 0) is 13.6 Å². The van der Waals surface area contributed by atoms with Crippen molar-refractivity contribution in [3.8, 4) is 0 Å². The zero-order valence-corrected chi connectivity index (χ0v) is 7.87. The predicted octanol–water partition coefficient (Wildman–Crippen LogP) is 1.42. The third kappa shape index (κ3) is 0.789. The molecule has 0 saturated carbocycles. The number of rotatable bonds is 0. The second-order valence-electron chi connectivity index (χ2n) is 3.65. The van der Waals surface area contributed by atoms with Crippen molar-refractivity contribution in [3.63, 3.8) is 0 Å². The van der Waals surface area contributed by atoms with Gasteiger partial charge < -0.3 is 9.88 Å². The first kappa shape index (κ1) is 7.62. The van der Waals surface area contributed by atoms with Crippen molar-refractivity contribution in [1.82, 2.24) is 9.88 Å². The van der Waals surface area contributed by atoms with E-state index >= 15 is 0 Å². The molecule has 1 aromatic carbocycles. The fourth-order valence-electron chi connectivity index (χ4n) is 2.13. The van der Waals surface area contributed by atoms with E-state index < -0.39 is 0 Å². The zero-order valence-electron chi connectivity index (χ0n) is 7.87. The molecule has 1 N–H and O–H groups in total. The van der Waals surface area contributed by atoms with Crippen LogP contribution in [0.1, 0.15) is 15.9 Å². The fraction of sp³-hybridized carbons (Fsp3) is 0.182. The monoisotopic (exact) mass is 186 g/mol. The molecule has 1 aliphatic heterocycles. The standard InChI is InChI=1S/C11H10N2O/c1-13-6-7-5-12-11(14)8-3-2-4-9(13)10(7)8/h2-4,6H,5H2,1H3,(H,12,14). The van der Waals surface area contributed by atoms with Crippen LogP contribution in [0.4, 0.5) is 0 Å². The summed E-state index contributed by atoms with van der Waals surface area (Å²) in [7, 11) is 2.01. The van der Waals surface area contributed by atoms with Gasteiger partial charge in [0.05, 0.1) is 0 Å². The average Bonchev–Trinajstić information content (AvgIpc) is 2.52. The number of benzene rings is 1. The lowest BCUT2D eigenvalue weighted by Crippen LogP contribution is -2.26. The molecule has 1 amide bonds. The van der Waals surface area contributed by atoms with Gasteiger partial charge in [0, 0.05) is 36.3 Å². The van der Waals surface area contributed by atoms with Crippen LogP contribution in [0.5, 0.6) is 0 Å². The van der Waals surface area contributed by atoms with Gasteiger partial charge >= 0.3 is 0 Å². The Morgan fingerprint density at radius 2 is 2.29 bits per heavy atom. The summed E-state index contributed by atoms with van der Waals surface area (Å²) in [5.41, 5.74) is 3.13. The number of aromatic nitrogens is 1. The molecule has 1 aliphatic rings. The molecule has 2 aromatic rings. The van der Waals surface area contributed by atoms with Crippen LogP contribution in [0.2, 0.25) is 0 Å². The number of carbonyl (C=O) groups is 1. The minimum absolute atomic E-state index is 0.0364. The van der Waals surface area contributed by atoms with Gasteiger partial charge in [-0.1, -0.05) is 6.07 Å². The Labute approximate surface area is 81.3 Å². The van der Waals surface area contributed by atoms with Crippen LogP contribution in [0.3, 0.4) is 0 Å². The molecule has 2 heterocycles. The molecule has 0 fully saturated rings. The Morgan fingerprint density at radius 3 is 3.14 bits per heavy atom. The highest BCUT2D eigenvalue weighted by atomic mass is 16.1. The number of aryl methyl sites for hydroxylation is 1. The van der Waals surface area contributed by atoms with E-state index in [9.17, 15) is 4.79 Å². The largest absolute Gasteiger partial charge is 0.350 e. The third-order valence-electron chi connectivity index (χ3n) is 2.78. The highest BCUT2D eigenvalue weighted by Gasteiger charge is 2.19. The lowest BCUT2D eigenvalue weighted by molar-refractivity contribution is 0.0949. The van der Waals surface area contributed by atoms with E-state index in [4.69, 9.17) is 0 Å². The van der Waals surface area contributed by atoms with Gasteiger partial charge in [0.15, 0.2) is 0 Å². The number of hydrogen-bond donors (Lipinski definition) is 1. The van der Waals surface area contributed by atoms with Gasteiger partial charge in [0.25, 0.3) is 5.91 Å². The Kier molecular flexibility index (Phi) is 1.29. The van der Waals surface area contributed by atoms with E-state index in [-0.39, 0.29) is 5.91 Å². The van der Waals surface area contributed by atoms with Crippen LogP contribution in [0.25, 0.3) is 10.9 Å². The minimum Gasteiger partial charge on any atom is -0.350 e. The number of carbonyl (C=O) groups excluding carboxylic acids is 1. The van der Waals surface area contributed by atoms with Gasteiger partial charge in [0.1, 0.15) is 0 Å². The molecule has 0 atom stereocenters. The lowest BCUT2D eigenvalue weighted by Gasteiger charge is -2.12. The molecule has 0 bridgehead atoms. The topological polar surface area (TPSA) is 34.0 Å². The van der Waals surface area contributed by atoms with Crippen molar-refractivity contribution >= 4 is 16.8 Å². The maximum Gasteiger partial charge on any atom is 0.252 e. The van der Waals surface area contributed by atoms with E-state index in [2.05, 4.69) is 16.1 Å². The van der Waals surface area contributed by atoms with Gasteiger partial charge in [-0.05, 0) is 17.7 Å². The van der Waals surface area contributed by atoms with Gasteiger partial charge in [-0.3, -0.25) is 4.79 Å². The maximum absolute atomic E-state index is 11.6. The second kappa shape index (κ2) is 2.38. The normalized spacial score (nSPS) is 14.5. The first-order chi connectivity index (χ1) is 6.77. The molecule has 3 heteroatoms. The number of hydrogen-bond acceptors (Lipinski definition) is 1. The van der Waals surface area contributed by atoms with Crippen molar-refractivity contribution in [1.29, 1.82) is 0 Å². The summed E-state index contributed by atoms with van der Waals surface area (Å²) in [6, 6.07) is 5.84. The van der Waals surface area contributed by atoms with Crippen molar-refractivity contribution in [2.75, 3.05) is 0 Å². The molecule has 3 nitrogen and oxygen atoms in total. The molecule has 0 radical (unpaired) electrons. The van der Waals surface area contributed by atoms with Crippen LogP contribution < -0.4 is 5.32 Å². The van der Waals surface area contributed by atoms with E-state index in [0.29, 0.717) is 6.54 Å². The summed E-state index contributed by atoms with van der Waals surface area (Å²) in [5, 5.41) is 3.97. The first-order valence-corrected chi connectivity index (χ1v) is 4.62. The highest BCUT2D eigenvalue weighted by molar-refractivity contribution is 6.09. The molecule has 0 unspecified atom stereocenters. The van der Waals surface area contributed by atoms with E-state index in [0.717, 1.165) is 16.5 Å². The molecule has 0 saturated heterocycles. The summed E-state index contributed by atoms with van der Waals surface area (Å²) in [4.78, 5) is 11.6. The van der Waals surface area contributed by atoms with Crippen LogP contribution >= 0.6 is 0 Å². The van der Waals surface area contributed by atoms with Gasteiger partial charge in [-0.15, -0.1) is 0 Å². The third-order valence-corrected chi connectivity index (χ3v) is 2.78. The molecular weight excluding hydrogens is 176 g/mol. The van der Waals surface area contributed by atoms with Crippen molar-refractivity contribution in [2.24, 2.45) is 7.05 Å². The number of nitrogens with zero attached hydrogens (tertiary/aromatic N) is 1. The first-order valence-electron chi connectivity index (χ1n) is 4.62. The van der Waals surface area contributed by atoms with Crippen molar-refractivity contribution < 1.29 is 4.79 Å². The molecule has 0 aliphatic carbocycles. The van der Waals surface area contributed by atoms with E-state index in [1.165, 1.54) is 5.56 Å². The van der Waals surface area contributed by atoms with Crippen LogP contribution in [0, 0.1) is 0 Å². The van der Waals surface area contributed by atoms with Gasteiger partial charge in [-0.2, -0.15) is 0 Å². The summed E-state index contributed by atoms with van der Waals surface area (Å²) < 4.78 is 2.06. The lowest BCUT2D eigenvalue weighted by atomic mass is 10.0. The summed E-state index contributed by atoms with van der Waals surface area (Å²) in [6.07, 6.45) is 2.08. The van der Waals surface area contributed by atoms with Crippen LogP contribution in [0.15, 0.2) is 24.4 Å². The summed E-state index contributed by atoms with van der Waals surface area (Å²) in [6.45, 7) is 0.646. The van der Waals surface area contributed by atoms with Crippen molar-refractivity contribution in [2.45, 2.75) is 6.54 Å². The molecule has 14 heavy (non-hydrogen) atoms. The van der Waals surface area contributed by atoms with E-state index in [1.807, 2.05) is 25.2 Å². The summed E-state index contributed by atoms with van der Waals surface area (Å²) >= 11 is 0. The molecule has 70 valence electrons. The molecule has 1 aromatic heterocycles. The van der Waals surface area contributed by atoms with Gasteiger partial charge in [-0.25, -0.2) is 0 Å². The molecule has 3 rings (SSSR count). The Hall–Kier alpha value is -1.77. The average molecular weight is 186 g/mol. The Morgan fingerprint density at radius 1 is 1.43 bits per heavy atom. The second-order valence-corrected chi connectivity index (χ2v) is 3.65. The maximum atomic E-state index is 11.6. The van der Waals surface area contributed by atoms with Crippen LogP contribution in [-0.4, -0.2) is 10.5 Å². The quantitative estimate of drug-likeness (QED) is 0.663. The highest BCUT2D eigenvalue weighted by Crippen LogP contribution is 2.27. The Balaban J connectivity index is 2.53. The summed E-state index contributed by atoms with van der Waals surface area (Å²) in [5.74, 6) is 0.0364. The van der Waals surface area contributed by atoms with Gasteiger partial charge in [0.2, 0.25) is 0 Å². The zero-order chi connectivity index (χ0) is 9.71. The predicted molar refractivity (Wildman–Crippen MR) is 54.1 cm³/mol. The SMILES string of the molecule is Cn1cc2c3c(cccc31)C(=O)NC2. The van der Waals surface area contributed by atoms with E-state index in [1.54, 1.807) is 0 Å². The van der Waals surface area contributed by atoms with Crippen molar-refractivity contribution in [3.05, 3.63) is 35.5 Å². The minimum atomic E-state index is 0.0364. The Bertz CT molecular complexity index is 539. The molecule has 0 spiro atoms.